The van der Waals surface area contributed by atoms with Crippen molar-refractivity contribution in [3.05, 3.63) is 48.2 Å². The third-order valence-corrected chi connectivity index (χ3v) is 4.98. The van der Waals surface area contributed by atoms with E-state index in [1.54, 1.807) is 0 Å². The quantitative estimate of drug-likeness (QED) is 0.776. The Bertz CT molecular complexity index is 849. The first-order valence-corrected chi connectivity index (χ1v) is 9.07. The van der Waals surface area contributed by atoms with E-state index in [0.717, 1.165) is 41.5 Å². The summed E-state index contributed by atoms with van der Waals surface area (Å²) in [7, 11) is 0. The van der Waals surface area contributed by atoms with Crippen LogP contribution in [-0.2, 0) is 6.54 Å². The maximum absolute atomic E-state index is 5.63. The fraction of sp³-hybridized carbons (Fsp3) is 0.350. The topological polar surface area (TPSA) is 81.1 Å². The third kappa shape index (κ3) is 3.46. The van der Waals surface area contributed by atoms with Gasteiger partial charge in [0.15, 0.2) is 0 Å². The molecule has 0 spiro atoms. The van der Waals surface area contributed by atoms with E-state index in [0.29, 0.717) is 18.3 Å². The molecule has 3 heterocycles. The van der Waals surface area contributed by atoms with E-state index in [1.165, 1.54) is 12.8 Å². The van der Waals surface area contributed by atoms with Gasteiger partial charge in [-0.3, -0.25) is 0 Å². The van der Waals surface area contributed by atoms with Gasteiger partial charge >= 0.3 is 0 Å². The van der Waals surface area contributed by atoms with E-state index in [1.807, 2.05) is 42.6 Å². The summed E-state index contributed by atoms with van der Waals surface area (Å²) in [6.07, 6.45) is 4.25. The standard InChI is InChI=1S/C20H23N5O/c1-14-8-10-25(11-9-14)18-7-6-17(13-22-18)20-23-19(24-26-20)16-4-2-15(12-21)3-5-16/h2-7,13-14H,8-12,21H2,1H3. The highest BCUT2D eigenvalue weighted by Gasteiger charge is 2.17. The highest BCUT2D eigenvalue weighted by molar-refractivity contribution is 5.60. The predicted octanol–water partition coefficient (Wildman–Crippen LogP) is 3.49. The molecule has 0 saturated carbocycles. The van der Waals surface area contributed by atoms with Gasteiger partial charge in [0.2, 0.25) is 5.82 Å². The Balaban J connectivity index is 1.50. The van der Waals surface area contributed by atoms with Gasteiger partial charge < -0.3 is 15.2 Å². The molecule has 134 valence electrons. The first-order chi connectivity index (χ1) is 12.7. The first kappa shape index (κ1) is 16.7. The molecule has 0 atom stereocenters. The molecule has 3 aromatic rings. The molecule has 2 N–H and O–H groups in total. The van der Waals surface area contributed by atoms with Crippen LogP contribution in [0.5, 0.6) is 0 Å². The zero-order chi connectivity index (χ0) is 17.9. The molecule has 0 radical (unpaired) electrons. The molecule has 0 aliphatic carbocycles. The summed E-state index contributed by atoms with van der Waals surface area (Å²) in [5.74, 6) is 2.87. The zero-order valence-electron chi connectivity index (χ0n) is 14.9. The van der Waals surface area contributed by atoms with Crippen molar-refractivity contribution in [3.63, 3.8) is 0 Å². The van der Waals surface area contributed by atoms with E-state index < -0.39 is 0 Å². The fourth-order valence-electron chi connectivity index (χ4n) is 3.19. The second-order valence-corrected chi connectivity index (χ2v) is 6.90. The van der Waals surface area contributed by atoms with Crippen LogP contribution in [-0.4, -0.2) is 28.2 Å². The predicted molar refractivity (Wildman–Crippen MR) is 101 cm³/mol. The fourth-order valence-corrected chi connectivity index (χ4v) is 3.19. The van der Waals surface area contributed by atoms with Crippen molar-refractivity contribution < 1.29 is 4.52 Å². The van der Waals surface area contributed by atoms with Gasteiger partial charge in [-0.15, -0.1) is 0 Å². The van der Waals surface area contributed by atoms with Crippen LogP contribution in [0.4, 0.5) is 5.82 Å². The van der Waals surface area contributed by atoms with Gasteiger partial charge in [0.1, 0.15) is 5.82 Å². The minimum atomic E-state index is 0.481. The van der Waals surface area contributed by atoms with Crippen LogP contribution in [0, 0.1) is 5.92 Å². The summed E-state index contributed by atoms with van der Waals surface area (Å²) in [6, 6.07) is 11.9. The number of anilines is 1. The van der Waals surface area contributed by atoms with Gasteiger partial charge in [-0.2, -0.15) is 4.98 Å². The minimum Gasteiger partial charge on any atom is -0.357 e. The number of hydrogen-bond donors (Lipinski definition) is 1. The number of benzene rings is 1. The number of nitrogens with two attached hydrogens (primary N) is 1. The lowest BCUT2D eigenvalue weighted by Crippen LogP contribution is -2.33. The van der Waals surface area contributed by atoms with Gasteiger partial charge in [-0.1, -0.05) is 36.3 Å². The molecule has 6 nitrogen and oxygen atoms in total. The molecule has 1 saturated heterocycles. The van der Waals surface area contributed by atoms with E-state index >= 15 is 0 Å². The second kappa shape index (κ2) is 7.25. The van der Waals surface area contributed by atoms with E-state index in [9.17, 15) is 0 Å². The summed E-state index contributed by atoms with van der Waals surface area (Å²) in [5.41, 5.74) is 8.44. The van der Waals surface area contributed by atoms with Crippen molar-refractivity contribution in [1.29, 1.82) is 0 Å². The van der Waals surface area contributed by atoms with Crippen LogP contribution >= 0.6 is 0 Å². The normalized spacial score (nSPS) is 15.4. The number of pyridine rings is 1. The number of piperidine rings is 1. The molecule has 0 amide bonds. The second-order valence-electron chi connectivity index (χ2n) is 6.90. The Morgan fingerprint density at radius 3 is 2.46 bits per heavy atom. The van der Waals surface area contributed by atoms with Crippen molar-refractivity contribution in [2.24, 2.45) is 11.7 Å². The van der Waals surface area contributed by atoms with Crippen molar-refractivity contribution in [2.75, 3.05) is 18.0 Å². The zero-order valence-corrected chi connectivity index (χ0v) is 14.9. The van der Waals surface area contributed by atoms with Crippen LogP contribution in [0.2, 0.25) is 0 Å². The molecule has 0 unspecified atom stereocenters. The number of nitrogens with zero attached hydrogens (tertiary/aromatic N) is 4. The Labute approximate surface area is 153 Å². The summed E-state index contributed by atoms with van der Waals surface area (Å²) in [5, 5.41) is 4.08. The number of aromatic nitrogens is 3. The summed E-state index contributed by atoms with van der Waals surface area (Å²) >= 11 is 0. The van der Waals surface area contributed by atoms with Gasteiger partial charge in [0, 0.05) is 31.4 Å². The Hall–Kier alpha value is -2.73. The number of rotatable bonds is 4. The Morgan fingerprint density at radius 2 is 1.81 bits per heavy atom. The maximum atomic E-state index is 5.63. The number of hydrogen-bond acceptors (Lipinski definition) is 6. The molecule has 1 fully saturated rings. The average Bonchev–Trinajstić information content (AvgIpc) is 3.19. The molecule has 1 aliphatic rings. The van der Waals surface area contributed by atoms with Crippen molar-refractivity contribution in [1.82, 2.24) is 15.1 Å². The van der Waals surface area contributed by atoms with Crippen LogP contribution in [0.25, 0.3) is 22.8 Å². The molecule has 0 bridgehead atoms. The van der Waals surface area contributed by atoms with Crippen molar-refractivity contribution >= 4 is 5.82 Å². The van der Waals surface area contributed by atoms with Crippen LogP contribution in [0.1, 0.15) is 25.3 Å². The molecule has 26 heavy (non-hydrogen) atoms. The lowest BCUT2D eigenvalue weighted by molar-refractivity contribution is 0.431. The lowest BCUT2D eigenvalue weighted by Gasteiger charge is -2.31. The SMILES string of the molecule is CC1CCN(c2ccc(-c3nc(-c4ccc(CN)cc4)no3)cn2)CC1. The van der Waals surface area contributed by atoms with Gasteiger partial charge in [0.05, 0.1) is 5.56 Å². The molecule has 1 aliphatic heterocycles. The van der Waals surface area contributed by atoms with Crippen LogP contribution in [0.15, 0.2) is 47.1 Å². The van der Waals surface area contributed by atoms with Gasteiger partial charge in [-0.05, 0) is 36.5 Å². The molecule has 1 aromatic carbocycles. The van der Waals surface area contributed by atoms with Crippen LogP contribution in [0.3, 0.4) is 0 Å². The first-order valence-electron chi connectivity index (χ1n) is 9.07. The molecular formula is C20H23N5O. The lowest BCUT2D eigenvalue weighted by atomic mass is 9.99. The molecular weight excluding hydrogens is 326 g/mol. The highest BCUT2D eigenvalue weighted by atomic mass is 16.5. The summed E-state index contributed by atoms with van der Waals surface area (Å²) < 4.78 is 5.42. The van der Waals surface area contributed by atoms with Gasteiger partial charge in [-0.25, -0.2) is 4.98 Å². The Kier molecular flexibility index (Phi) is 4.67. The molecule has 4 rings (SSSR count). The van der Waals surface area contributed by atoms with Crippen LogP contribution < -0.4 is 10.6 Å². The van der Waals surface area contributed by atoms with E-state index in [2.05, 4.69) is 26.9 Å². The average molecular weight is 349 g/mol. The van der Waals surface area contributed by atoms with E-state index in [4.69, 9.17) is 10.3 Å². The van der Waals surface area contributed by atoms with Crippen molar-refractivity contribution in [2.45, 2.75) is 26.3 Å². The summed E-state index contributed by atoms with van der Waals surface area (Å²) in [4.78, 5) is 11.4. The smallest absolute Gasteiger partial charge is 0.259 e. The van der Waals surface area contributed by atoms with Gasteiger partial charge in [0.25, 0.3) is 5.89 Å². The minimum absolute atomic E-state index is 0.481. The largest absolute Gasteiger partial charge is 0.357 e. The van der Waals surface area contributed by atoms with E-state index in [-0.39, 0.29) is 0 Å². The maximum Gasteiger partial charge on any atom is 0.259 e. The molecule has 6 heteroatoms. The molecule has 2 aromatic heterocycles. The Morgan fingerprint density at radius 1 is 1.08 bits per heavy atom. The third-order valence-electron chi connectivity index (χ3n) is 4.98. The van der Waals surface area contributed by atoms with Crippen molar-refractivity contribution in [3.8, 4) is 22.8 Å². The summed E-state index contributed by atoms with van der Waals surface area (Å²) in [6.45, 7) is 4.96. The highest BCUT2D eigenvalue weighted by Crippen LogP contribution is 2.25. The monoisotopic (exact) mass is 349 g/mol.